The van der Waals surface area contributed by atoms with E-state index in [9.17, 15) is 9.59 Å². The van der Waals surface area contributed by atoms with Gasteiger partial charge in [-0.25, -0.2) is 0 Å². The highest BCUT2D eigenvalue weighted by molar-refractivity contribution is 5.91. The lowest BCUT2D eigenvalue weighted by molar-refractivity contribution is -0.131. The Balaban J connectivity index is 2.20. The second-order valence-corrected chi connectivity index (χ2v) is 4.03. The number of nitrogens with zero attached hydrogens (tertiary/aromatic N) is 1. The van der Waals surface area contributed by atoms with Crippen molar-refractivity contribution in [2.45, 2.75) is 19.8 Å². The third kappa shape index (κ3) is 5.13. The predicted octanol–water partition coefficient (Wildman–Crippen LogP) is 0.630. The fourth-order valence-electron chi connectivity index (χ4n) is 1.67. The van der Waals surface area contributed by atoms with E-state index in [4.69, 9.17) is 9.52 Å². The number of aliphatic hydroxyl groups is 1. The van der Waals surface area contributed by atoms with Gasteiger partial charge in [0.1, 0.15) is 0 Å². The first kappa shape index (κ1) is 15.2. The maximum atomic E-state index is 11.7. The van der Waals surface area contributed by atoms with Crippen LogP contribution in [0.4, 0.5) is 0 Å². The number of amides is 2. The van der Waals surface area contributed by atoms with E-state index in [1.165, 1.54) is 6.26 Å². The summed E-state index contributed by atoms with van der Waals surface area (Å²) in [5.74, 6) is -0.0225. The SMILES string of the molecule is CCN(CCO)C(=O)CCCNC(=O)c1ccco1. The van der Waals surface area contributed by atoms with Gasteiger partial charge in [-0.05, 0) is 25.5 Å². The molecule has 1 aromatic rings. The topological polar surface area (TPSA) is 82.8 Å². The highest BCUT2D eigenvalue weighted by atomic mass is 16.3. The van der Waals surface area contributed by atoms with Gasteiger partial charge in [-0.2, -0.15) is 0 Å². The Hall–Kier alpha value is -1.82. The molecule has 0 aliphatic heterocycles. The summed E-state index contributed by atoms with van der Waals surface area (Å²) in [6.07, 6.45) is 2.35. The lowest BCUT2D eigenvalue weighted by Crippen LogP contribution is -2.34. The second kappa shape index (κ2) is 8.31. The van der Waals surface area contributed by atoms with Crippen molar-refractivity contribution < 1.29 is 19.1 Å². The van der Waals surface area contributed by atoms with Gasteiger partial charge in [0.25, 0.3) is 5.91 Å². The molecule has 0 spiro atoms. The van der Waals surface area contributed by atoms with E-state index >= 15 is 0 Å². The van der Waals surface area contributed by atoms with Crippen LogP contribution in [0.2, 0.25) is 0 Å². The first-order chi connectivity index (χ1) is 9.19. The molecule has 0 fully saturated rings. The van der Waals surface area contributed by atoms with Crippen molar-refractivity contribution in [3.63, 3.8) is 0 Å². The van der Waals surface area contributed by atoms with Crippen molar-refractivity contribution in [1.29, 1.82) is 0 Å². The number of nitrogens with one attached hydrogen (secondary N) is 1. The lowest BCUT2D eigenvalue weighted by Gasteiger charge is -2.19. The van der Waals surface area contributed by atoms with Crippen molar-refractivity contribution in [2.24, 2.45) is 0 Å². The molecule has 1 aromatic heterocycles. The highest BCUT2D eigenvalue weighted by Gasteiger charge is 2.11. The van der Waals surface area contributed by atoms with Crippen LogP contribution in [0.25, 0.3) is 0 Å². The molecule has 2 amide bonds. The van der Waals surface area contributed by atoms with Gasteiger partial charge in [0.15, 0.2) is 5.76 Å². The monoisotopic (exact) mass is 268 g/mol. The van der Waals surface area contributed by atoms with Gasteiger partial charge >= 0.3 is 0 Å². The summed E-state index contributed by atoms with van der Waals surface area (Å²) in [6.45, 7) is 3.19. The van der Waals surface area contributed by atoms with Crippen molar-refractivity contribution in [1.82, 2.24) is 10.2 Å². The van der Waals surface area contributed by atoms with Gasteiger partial charge in [-0.1, -0.05) is 0 Å². The smallest absolute Gasteiger partial charge is 0.286 e. The average molecular weight is 268 g/mol. The van der Waals surface area contributed by atoms with Crippen LogP contribution in [0.15, 0.2) is 22.8 Å². The Morgan fingerprint density at radius 3 is 2.84 bits per heavy atom. The van der Waals surface area contributed by atoms with Gasteiger partial charge in [-0.15, -0.1) is 0 Å². The molecule has 0 aliphatic rings. The molecule has 106 valence electrons. The van der Waals surface area contributed by atoms with Gasteiger partial charge in [0, 0.05) is 26.1 Å². The zero-order valence-corrected chi connectivity index (χ0v) is 11.1. The van der Waals surface area contributed by atoms with Gasteiger partial charge in [0.05, 0.1) is 12.9 Å². The number of carbonyl (C=O) groups is 2. The molecular formula is C13H20N2O4. The number of carbonyl (C=O) groups excluding carboxylic acids is 2. The molecule has 0 saturated carbocycles. The molecule has 0 aliphatic carbocycles. The van der Waals surface area contributed by atoms with Crippen LogP contribution in [0.1, 0.15) is 30.3 Å². The minimum absolute atomic E-state index is 0.0104. The predicted molar refractivity (Wildman–Crippen MR) is 69.6 cm³/mol. The standard InChI is InChI=1S/C13H20N2O4/c1-2-15(8-9-16)12(17)6-3-7-14-13(18)11-5-4-10-19-11/h4-5,10,16H,2-3,6-9H2,1H3,(H,14,18). The summed E-state index contributed by atoms with van der Waals surface area (Å²) in [7, 11) is 0. The average Bonchev–Trinajstić information content (AvgIpc) is 2.94. The van der Waals surface area contributed by atoms with Crippen LogP contribution in [-0.2, 0) is 4.79 Å². The van der Waals surface area contributed by atoms with Crippen molar-refractivity contribution in [3.8, 4) is 0 Å². The van der Waals surface area contributed by atoms with Crippen LogP contribution in [0, 0.1) is 0 Å². The molecule has 0 saturated heterocycles. The molecule has 0 unspecified atom stereocenters. The van der Waals surface area contributed by atoms with E-state index in [0.717, 1.165) is 0 Å². The Morgan fingerprint density at radius 1 is 1.47 bits per heavy atom. The molecule has 2 N–H and O–H groups in total. The zero-order chi connectivity index (χ0) is 14.1. The van der Waals surface area contributed by atoms with E-state index in [1.807, 2.05) is 6.92 Å². The summed E-state index contributed by atoms with van der Waals surface area (Å²) in [4.78, 5) is 24.8. The second-order valence-electron chi connectivity index (χ2n) is 4.03. The fraction of sp³-hybridized carbons (Fsp3) is 0.538. The largest absolute Gasteiger partial charge is 0.459 e. The molecular weight excluding hydrogens is 248 g/mol. The van der Waals surface area contributed by atoms with Gasteiger partial charge in [-0.3, -0.25) is 9.59 Å². The molecule has 0 bridgehead atoms. The van der Waals surface area contributed by atoms with Crippen LogP contribution < -0.4 is 5.32 Å². The summed E-state index contributed by atoms with van der Waals surface area (Å²) in [5, 5.41) is 11.5. The summed E-state index contributed by atoms with van der Waals surface area (Å²) in [5.41, 5.74) is 0. The molecule has 6 heteroatoms. The van der Waals surface area contributed by atoms with E-state index in [2.05, 4.69) is 5.32 Å². The summed E-state index contributed by atoms with van der Waals surface area (Å²) >= 11 is 0. The first-order valence-electron chi connectivity index (χ1n) is 6.39. The van der Waals surface area contributed by atoms with Crippen LogP contribution in [-0.4, -0.2) is 48.1 Å². The van der Waals surface area contributed by atoms with E-state index in [1.54, 1.807) is 17.0 Å². The first-order valence-corrected chi connectivity index (χ1v) is 6.39. The van der Waals surface area contributed by atoms with Gasteiger partial charge in [0.2, 0.25) is 5.91 Å². The van der Waals surface area contributed by atoms with Crippen molar-refractivity contribution in [3.05, 3.63) is 24.2 Å². The Kier molecular flexibility index (Phi) is 6.67. The molecule has 6 nitrogen and oxygen atoms in total. The molecule has 0 aromatic carbocycles. The van der Waals surface area contributed by atoms with Crippen LogP contribution >= 0.6 is 0 Å². The quantitative estimate of drug-likeness (QED) is 0.677. The maximum absolute atomic E-state index is 11.7. The molecule has 19 heavy (non-hydrogen) atoms. The fourth-order valence-corrected chi connectivity index (χ4v) is 1.67. The van der Waals surface area contributed by atoms with E-state index in [0.29, 0.717) is 32.5 Å². The molecule has 0 radical (unpaired) electrons. The van der Waals surface area contributed by atoms with E-state index < -0.39 is 0 Å². The lowest BCUT2D eigenvalue weighted by atomic mass is 10.2. The van der Waals surface area contributed by atoms with Crippen LogP contribution in [0.5, 0.6) is 0 Å². The number of hydrogen-bond donors (Lipinski definition) is 2. The number of hydrogen-bond acceptors (Lipinski definition) is 4. The number of rotatable bonds is 8. The Morgan fingerprint density at radius 2 is 2.26 bits per heavy atom. The third-order valence-electron chi connectivity index (χ3n) is 2.70. The minimum atomic E-state index is -0.278. The Labute approximate surface area is 112 Å². The van der Waals surface area contributed by atoms with Gasteiger partial charge < -0.3 is 19.7 Å². The van der Waals surface area contributed by atoms with Crippen LogP contribution in [0.3, 0.4) is 0 Å². The highest BCUT2D eigenvalue weighted by Crippen LogP contribution is 2.00. The number of furan rings is 1. The molecule has 1 rings (SSSR count). The summed E-state index contributed by atoms with van der Waals surface area (Å²) < 4.78 is 4.95. The molecule has 1 heterocycles. The van der Waals surface area contributed by atoms with E-state index in [-0.39, 0.29) is 24.2 Å². The third-order valence-corrected chi connectivity index (χ3v) is 2.70. The normalized spacial score (nSPS) is 10.2. The minimum Gasteiger partial charge on any atom is -0.459 e. The van der Waals surface area contributed by atoms with Crippen molar-refractivity contribution >= 4 is 11.8 Å². The number of likely N-dealkylation sites (N-methyl/N-ethyl adjacent to an activating group) is 1. The maximum Gasteiger partial charge on any atom is 0.286 e. The number of aliphatic hydroxyl groups excluding tert-OH is 1. The zero-order valence-electron chi connectivity index (χ0n) is 11.1. The van der Waals surface area contributed by atoms with Crippen molar-refractivity contribution in [2.75, 3.05) is 26.2 Å². The summed E-state index contributed by atoms with van der Waals surface area (Å²) in [6, 6.07) is 3.23. The molecule has 0 atom stereocenters. The Bertz CT molecular complexity index is 389.